The van der Waals surface area contributed by atoms with Crippen molar-refractivity contribution in [1.29, 1.82) is 0 Å². The molecular formula is C23H37IN4. The molecule has 0 spiro atoms. The third-order valence-electron chi connectivity index (χ3n) is 5.55. The van der Waals surface area contributed by atoms with Gasteiger partial charge in [-0.2, -0.15) is 0 Å². The number of aliphatic imine (C=N–C) groups is 1. The van der Waals surface area contributed by atoms with E-state index in [9.17, 15) is 0 Å². The van der Waals surface area contributed by atoms with E-state index in [2.05, 4.69) is 58.4 Å². The lowest BCUT2D eigenvalue weighted by atomic mass is 10.0. The molecule has 3 rings (SSSR count). The molecular weight excluding hydrogens is 459 g/mol. The van der Waals surface area contributed by atoms with Crippen LogP contribution in [-0.2, 0) is 0 Å². The normalized spacial score (nSPS) is 18.1. The molecule has 0 bridgehead atoms. The second-order valence-electron chi connectivity index (χ2n) is 7.69. The second kappa shape index (κ2) is 13.2. The van der Waals surface area contributed by atoms with Gasteiger partial charge in [-0.15, -0.1) is 24.0 Å². The summed E-state index contributed by atoms with van der Waals surface area (Å²) in [5.41, 5.74) is 2.87. The highest BCUT2D eigenvalue weighted by molar-refractivity contribution is 14.0. The largest absolute Gasteiger partial charge is 0.357 e. The minimum atomic E-state index is 0. The van der Waals surface area contributed by atoms with Crippen molar-refractivity contribution in [2.75, 3.05) is 45.8 Å². The maximum Gasteiger partial charge on any atom is 0.193 e. The number of likely N-dealkylation sites (tertiary alicyclic amines) is 2. The molecule has 28 heavy (non-hydrogen) atoms. The van der Waals surface area contributed by atoms with Gasteiger partial charge in [-0.05, 0) is 70.6 Å². The highest BCUT2D eigenvalue weighted by Crippen LogP contribution is 2.19. The summed E-state index contributed by atoms with van der Waals surface area (Å²) < 4.78 is 0. The van der Waals surface area contributed by atoms with Crippen molar-refractivity contribution in [3.8, 4) is 0 Å². The van der Waals surface area contributed by atoms with Gasteiger partial charge in [-0.1, -0.05) is 42.0 Å². The van der Waals surface area contributed by atoms with Crippen molar-refractivity contribution < 1.29 is 0 Å². The number of piperidine rings is 1. The average molecular weight is 496 g/mol. The van der Waals surface area contributed by atoms with Gasteiger partial charge in [0.05, 0.1) is 0 Å². The fraction of sp³-hybridized carbons (Fsp3) is 0.609. The number of benzene rings is 1. The van der Waals surface area contributed by atoms with Gasteiger partial charge in [0.1, 0.15) is 0 Å². The van der Waals surface area contributed by atoms with Crippen LogP contribution in [0.1, 0.15) is 51.0 Å². The summed E-state index contributed by atoms with van der Waals surface area (Å²) in [7, 11) is 0. The number of guanidine groups is 1. The predicted molar refractivity (Wildman–Crippen MR) is 132 cm³/mol. The Balaban J connectivity index is 0.00000280. The topological polar surface area (TPSA) is 30.9 Å². The Morgan fingerprint density at radius 1 is 1.04 bits per heavy atom. The van der Waals surface area contributed by atoms with E-state index in [-0.39, 0.29) is 24.0 Å². The summed E-state index contributed by atoms with van der Waals surface area (Å²) in [5.74, 6) is 1.11. The number of rotatable bonds is 7. The first-order valence-electron chi connectivity index (χ1n) is 10.9. The van der Waals surface area contributed by atoms with Gasteiger partial charge < -0.3 is 15.1 Å². The van der Waals surface area contributed by atoms with Crippen LogP contribution >= 0.6 is 24.0 Å². The van der Waals surface area contributed by atoms with E-state index in [4.69, 9.17) is 4.99 Å². The van der Waals surface area contributed by atoms with Gasteiger partial charge >= 0.3 is 0 Å². The Bertz CT molecular complexity index is 598. The van der Waals surface area contributed by atoms with Crippen molar-refractivity contribution in [3.05, 3.63) is 41.5 Å². The maximum atomic E-state index is 4.90. The van der Waals surface area contributed by atoms with Crippen molar-refractivity contribution >= 4 is 36.0 Å². The number of hydrogen-bond acceptors (Lipinski definition) is 2. The first-order chi connectivity index (χ1) is 13.3. The number of hydrogen-bond donors (Lipinski definition) is 1. The van der Waals surface area contributed by atoms with Crippen LogP contribution in [0.4, 0.5) is 0 Å². The zero-order valence-corrected chi connectivity index (χ0v) is 19.7. The first kappa shape index (κ1) is 23.2. The molecule has 1 aromatic carbocycles. The number of unbranched alkanes of at least 4 members (excludes halogenated alkanes) is 1. The van der Waals surface area contributed by atoms with E-state index in [0.717, 1.165) is 45.0 Å². The minimum absolute atomic E-state index is 0. The molecule has 2 aliphatic rings. The van der Waals surface area contributed by atoms with E-state index in [1.165, 1.54) is 50.9 Å². The third-order valence-corrected chi connectivity index (χ3v) is 5.55. The summed E-state index contributed by atoms with van der Waals surface area (Å²) in [6.07, 6.45) is 9.87. The van der Waals surface area contributed by atoms with Crippen molar-refractivity contribution in [2.24, 2.45) is 4.99 Å². The molecule has 156 valence electrons. The smallest absolute Gasteiger partial charge is 0.193 e. The van der Waals surface area contributed by atoms with Crippen LogP contribution in [0.5, 0.6) is 0 Å². The lowest BCUT2D eigenvalue weighted by Crippen LogP contribution is -2.44. The van der Waals surface area contributed by atoms with Gasteiger partial charge in [0.25, 0.3) is 0 Å². The number of nitrogens with zero attached hydrogens (tertiary/aromatic N) is 3. The summed E-state index contributed by atoms with van der Waals surface area (Å²) in [5, 5.41) is 3.49. The highest BCUT2D eigenvalue weighted by Gasteiger charge is 2.17. The van der Waals surface area contributed by atoms with Crippen LogP contribution in [-0.4, -0.2) is 61.6 Å². The zero-order valence-electron chi connectivity index (χ0n) is 17.4. The fourth-order valence-corrected chi connectivity index (χ4v) is 4.00. The number of halogens is 1. The van der Waals surface area contributed by atoms with Crippen LogP contribution in [0, 0.1) is 0 Å². The lowest BCUT2D eigenvalue weighted by molar-refractivity contribution is 0.330. The SMILES string of the molecule is CCNC(=NCCCCN1CCCC1)N1CCC(=Cc2ccccc2)CC1.I. The Morgan fingerprint density at radius 3 is 2.43 bits per heavy atom. The monoisotopic (exact) mass is 496 g/mol. The van der Waals surface area contributed by atoms with E-state index in [1.807, 2.05) is 0 Å². The van der Waals surface area contributed by atoms with E-state index < -0.39 is 0 Å². The lowest BCUT2D eigenvalue weighted by Gasteiger charge is -2.31. The first-order valence-corrected chi connectivity index (χ1v) is 10.9. The quantitative estimate of drug-likeness (QED) is 0.259. The average Bonchev–Trinajstić information content (AvgIpc) is 3.22. The summed E-state index contributed by atoms with van der Waals surface area (Å²) in [6, 6.07) is 10.7. The molecule has 2 heterocycles. The molecule has 2 fully saturated rings. The molecule has 0 radical (unpaired) electrons. The second-order valence-corrected chi connectivity index (χ2v) is 7.69. The van der Waals surface area contributed by atoms with E-state index in [0.29, 0.717) is 0 Å². The standard InChI is InChI=1S/C23H36N4.HI/c1-2-24-23(25-14-6-7-15-26-16-8-9-17-26)27-18-12-22(13-19-27)20-21-10-4-3-5-11-21;/h3-5,10-11,20H,2,6-9,12-19H2,1H3,(H,24,25);1H. The Hall–Kier alpha value is -1.08. The molecule has 0 atom stereocenters. The maximum absolute atomic E-state index is 4.90. The predicted octanol–water partition coefficient (Wildman–Crippen LogP) is 4.63. The molecule has 0 aliphatic carbocycles. The summed E-state index contributed by atoms with van der Waals surface area (Å²) >= 11 is 0. The molecule has 5 heteroatoms. The minimum Gasteiger partial charge on any atom is -0.357 e. The Labute approximate surface area is 188 Å². The molecule has 0 aromatic heterocycles. The highest BCUT2D eigenvalue weighted by atomic mass is 127. The molecule has 0 saturated carbocycles. The van der Waals surface area contributed by atoms with Gasteiger partial charge in [-0.3, -0.25) is 4.99 Å². The molecule has 0 unspecified atom stereocenters. The molecule has 2 aliphatic heterocycles. The number of nitrogens with one attached hydrogen (secondary N) is 1. The zero-order chi connectivity index (χ0) is 18.7. The summed E-state index contributed by atoms with van der Waals surface area (Å²) in [4.78, 5) is 9.94. The summed E-state index contributed by atoms with van der Waals surface area (Å²) in [6.45, 7) is 10.0. The van der Waals surface area contributed by atoms with Gasteiger partial charge in [0.15, 0.2) is 5.96 Å². The van der Waals surface area contributed by atoms with Gasteiger partial charge in [0.2, 0.25) is 0 Å². The molecule has 0 amide bonds. The fourth-order valence-electron chi connectivity index (χ4n) is 4.00. The van der Waals surface area contributed by atoms with E-state index in [1.54, 1.807) is 5.57 Å². The molecule has 1 aromatic rings. The van der Waals surface area contributed by atoms with Crippen molar-refractivity contribution in [1.82, 2.24) is 15.1 Å². The molecule has 1 N–H and O–H groups in total. The van der Waals surface area contributed by atoms with Crippen LogP contribution < -0.4 is 5.32 Å². The van der Waals surface area contributed by atoms with Crippen LogP contribution in [0.2, 0.25) is 0 Å². The van der Waals surface area contributed by atoms with Gasteiger partial charge in [0, 0.05) is 26.2 Å². The van der Waals surface area contributed by atoms with Crippen molar-refractivity contribution in [2.45, 2.75) is 45.4 Å². The van der Waals surface area contributed by atoms with Gasteiger partial charge in [-0.25, -0.2) is 0 Å². The van der Waals surface area contributed by atoms with Crippen LogP contribution in [0.15, 0.2) is 40.9 Å². The molecule has 4 nitrogen and oxygen atoms in total. The third kappa shape index (κ3) is 7.74. The Morgan fingerprint density at radius 2 is 1.75 bits per heavy atom. The van der Waals surface area contributed by atoms with Crippen molar-refractivity contribution in [3.63, 3.8) is 0 Å². The van der Waals surface area contributed by atoms with Crippen LogP contribution in [0.25, 0.3) is 6.08 Å². The van der Waals surface area contributed by atoms with Crippen LogP contribution in [0.3, 0.4) is 0 Å². The Kier molecular flexibility index (Phi) is 10.9. The van der Waals surface area contributed by atoms with E-state index >= 15 is 0 Å². The molecule has 2 saturated heterocycles.